The average molecular weight is 466 g/mol. The molecule has 20 heavy (non-hydrogen) atoms. The van der Waals surface area contributed by atoms with E-state index in [0.29, 0.717) is 5.92 Å². The molecule has 0 aliphatic carbocycles. The first-order valence-corrected chi connectivity index (χ1v) is 9.23. The third kappa shape index (κ3) is 4.75. The van der Waals surface area contributed by atoms with Crippen LogP contribution in [-0.4, -0.2) is 23.3 Å². The van der Waals surface area contributed by atoms with Gasteiger partial charge in [-0.15, -0.1) is 10.2 Å². The summed E-state index contributed by atoms with van der Waals surface area (Å²) in [5.74, 6) is 0.684. The van der Waals surface area contributed by atoms with Gasteiger partial charge < -0.3 is 5.32 Å². The van der Waals surface area contributed by atoms with Gasteiger partial charge in [-0.05, 0) is 53.3 Å². The quantitative estimate of drug-likeness (QED) is 0.508. The summed E-state index contributed by atoms with van der Waals surface area (Å²) >= 11 is 7.53. The molecule has 0 aliphatic rings. The summed E-state index contributed by atoms with van der Waals surface area (Å²) in [5.41, 5.74) is 1.15. The lowest BCUT2D eigenvalue weighted by molar-refractivity contribution is 0.553. The van der Waals surface area contributed by atoms with E-state index < -0.39 is 0 Å². The average Bonchev–Trinajstić information content (AvgIpc) is 2.86. The number of aromatic nitrogens is 2. The molecule has 1 N–H and O–H groups in total. The van der Waals surface area contributed by atoms with Gasteiger partial charge in [0.05, 0.1) is 0 Å². The molecule has 108 valence electrons. The highest BCUT2D eigenvalue weighted by atomic mass is 127. The third-order valence-electron chi connectivity index (χ3n) is 2.69. The number of hydrogen-bond donors (Lipinski definition) is 1. The van der Waals surface area contributed by atoms with Crippen LogP contribution in [0, 0.1) is 9.49 Å². The van der Waals surface area contributed by atoms with Crippen LogP contribution in [0.2, 0.25) is 0 Å². The van der Waals surface area contributed by atoms with Crippen LogP contribution in [0.5, 0.6) is 0 Å². The number of nitrogens with one attached hydrogen (secondary N) is 1. The monoisotopic (exact) mass is 465 g/mol. The minimum atomic E-state index is 0.684. The predicted octanol–water partition coefficient (Wildman–Crippen LogP) is 4.36. The van der Waals surface area contributed by atoms with Crippen LogP contribution < -0.4 is 5.32 Å². The number of halogens is 2. The van der Waals surface area contributed by atoms with Crippen LogP contribution in [0.25, 0.3) is 10.6 Å². The van der Waals surface area contributed by atoms with Crippen molar-refractivity contribution in [2.75, 3.05) is 13.1 Å². The molecule has 1 heterocycles. The highest BCUT2D eigenvalue weighted by Gasteiger charge is 2.10. The topological polar surface area (TPSA) is 37.8 Å². The Balaban J connectivity index is 2.00. The van der Waals surface area contributed by atoms with Crippen molar-refractivity contribution in [3.8, 4) is 10.6 Å². The van der Waals surface area contributed by atoms with Crippen LogP contribution in [0.4, 0.5) is 0 Å². The molecular formula is C14H17BrIN3S. The van der Waals surface area contributed by atoms with Gasteiger partial charge in [-0.25, -0.2) is 0 Å². The largest absolute Gasteiger partial charge is 0.316 e. The molecule has 0 spiro atoms. The molecule has 0 saturated heterocycles. The highest BCUT2D eigenvalue weighted by Crippen LogP contribution is 2.30. The molecule has 0 amide bonds. The van der Waals surface area contributed by atoms with E-state index >= 15 is 0 Å². The van der Waals surface area contributed by atoms with E-state index in [1.807, 2.05) is 6.07 Å². The van der Waals surface area contributed by atoms with E-state index in [1.54, 1.807) is 11.3 Å². The van der Waals surface area contributed by atoms with E-state index in [0.717, 1.165) is 39.6 Å². The number of rotatable bonds is 6. The van der Waals surface area contributed by atoms with Gasteiger partial charge in [-0.2, -0.15) is 0 Å². The number of hydrogen-bond acceptors (Lipinski definition) is 4. The molecule has 1 aromatic carbocycles. The molecule has 6 heteroatoms. The molecule has 1 aromatic heterocycles. The van der Waals surface area contributed by atoms with Crippen LogP contribution in [-0.2, 0) is 6.42 Å². The van der Waals surface area contributed by atoms with Crippen molar-refractivity contribution >= 4 is 49.9 Å². The maximum Gasteiger partial charge on any atom is 0.148 e. The molecule has 0 radical (unpaired) electrons. The Morgan fingerprint density at radius 2 is 2.15 bits per heavy atom. The van der Waals surface area contributed by atoms with Crippen molar-refractivity contribution in [1.29, 1.82) is 0 Å². The van der Waals surface area contributed by atoms with E-state index in [-0.39, 0.29) is 0 Å². The number of nitrogens with zero attached hydrogens (tertiary/aromatic N) is 2. The lowest BCUT2D eigenvalue weighted by atomic mass is 10.2. The summed E-state index contributed by atoms with van der Waals surface area (Å²) in [5, 5.41) is 14.1. The standard InChI is InChI=1S/C14H17BrIN3S/c1-9(2)8-17-6-5-13-18-19-14(20-13)11-7-10(15)3-4-12(11)16/h3-4,7,9,17H,5-6,8H2,1-2H3. The van der Waals surface area contributed by atoms with Gasteiger partial charge in [-0.1, -0.05) is 41.1 Å². The van der Waals surface area contributed by atoms with Crippen LogP contribution >= 0.6 is 49.9 Å². The van der Waals surface area contributed by atoms with Crippen LogP contribution in [0.15, 0.2) is 22.7 Å². The zero-order valence-electron chi connectivity index (χ0n) is 11.5. The lowest BCUT2D eigenvalue weighted by Crippen LogP contribution is -2.22. The van der Waals surface area contributed by atoms with Crippen molar-refractivity contribution in [3.05, 3.63) is 31.2 Å². The smallest absolute Gasteiger partial charge is 0.148 e. The predicted molar refractivity (Wildman–Crippen MR) is 97.2 cm³/mol. The zero-order chi connectivity index (χ0) is 14.5. The van der Waals surface area contributed by atoms with Crippen LogP contribution in [0.3, 0.4) is 0 Å². The van der Waals surface area contributed by atoms with Crippen molar-refractivity contribution in [2.24, 2.45) is 5.92 Å². The van der Waals surface area contributed by atoms with Crippen molar-refractivity contribution in [3.63, 3.8) is 0 Å². The fourth-order valence-corrected chi connectivity index (χ4v) is 3.72. The molecule has 0 atom stereocenters. The van der Waals surface area contributed by atoms with Gasteiger partial charge in [-0.3, -0.25) is 0 Å². The summed E-state index contributed by atoms with van der Waals surface area (Å²) in [6.07, 6.45) is 0.939. The summed E-state index contributed by atoms with van der Waals surface area (Å²) in [6, 6.07) is 6.23. The molecule has 2 aromatic rings. The summed E-state index contributed by atoms with van der Waals surface area (Å²) in [6.45, 7) is 6.44. The van der Waals surface area contributed by atoms with E-state index in [9.17, 15) is 0 Å². The van der Waals surface area contributed by atoms with Gasteiger partial charge in [0.2, 0.25) is 0 Å². The van der Waals surface area contributed by atoms with E-state index in [1.165, 1.54) is 3.57 Å². The Kier molecular flexibility index (Phi) is 6.38. The highest BCUT2D eigenvalue weighted by molar-refractivity contribution is 14.1. The zero-order valence-corrected chi connectivity index (χ0v) is 16.0. The maximum absolute atomic E-state index is 4.32. The molecule has 0 fully saturated rings. The SMILES string of the molecule is CC(C)CNCCc1nnc(-c2cc(Br)ccc2I)s1. The van der Waals surface area contributed by atoms with Crippen molar-refractivity contribution in [2.45, 2.75) is 20.3 Å². The molecule has 0 aliphatic heterocycles. The molecule has 0 unspecified atom stereocenters. The molecule has 2 rings (SSSR count). The van der Waals surface area contributed by atoms with E-state index in [4.69, 9.17) is 0 Å². The Hall–Kier alpha value is -0.0500. The fourth-order valence-electron chi connectivity index (χ4n) is 1.71. The van der Waals surface area contributed by atoms with Gasteiger partial charge >= 0.3 is 0 Å². The maximum atomic E-state index is 4.32. The Morgan fingerprint density at radius 1 is 1.35 bits per heavy atom. The third-order valence-corrected chi connectivity index (χ3v) is 5.14. The van der Waals surface area contributed by atoms with Gasteiger partial charge in [0.25, 0.3) is 0 Å². The Morgan fingerprint density at radius 3 is 2.90 bits per heavy atom. The minimum absolute atomic E-state index is 0.684. The second kappa shape index (κ2) is 7.82. The summed E-state index contributed by atoms with van der Waals surface area (Å²) in [4.78, 5) is 0. The van der Waals surface area contributed by atoms with Crippen molar-refractivity contribution < 1.29 is 0 Å². The first-order valence-electron chi connectivity index (χ1n) is 6.55. The van der Waals surface area contributed by atoms with Gasteiger partial charge in [0.1, 0.15) is 10.0 Å². The summed E-state index contributed by atoms with van der Waals surface area (Å²) in [7, 11) is 0. The summed E-state index contributed by atoms with van der Waals surface area (Å²) < 4.78 is 2.27. The Labute approximate surface area is 145 Å². The minimum Gasteiger partial charge on any atom is -0.316 e. The first-order chi connectivity index (χ1) is 9.56. The van der Waals surface area contributed by atoms with Gasteiger partial charge in [0, 0.05) is 26.6 Å². The van der Waals surface area contributed by atoms with Crippen LogP contribution in [0.1, 0.15) is 18.9 Å². The second-order valence-electron chi connectivity index (χ2n) is 4.97. The fraction of sp³-hybridized carbons (Fsp3) is 0.429. The molecular weight excluding hydrogens is 449 g/mol. The second-order valence-corrected chi connectivity index (χ2v) is 8.11. The molecule has 3 nitrogen and oxygen atoms in total. The Bertz CT molecular complexity index is 571. The normalized spacial score (nSPS) is 11.2. The first kappa shape index (κ1) is 16.3. The molecule has 0 saturated carbocycles. The number of benzene rings is 1. The molecule has 0 bridgehead atoms. The van der Waals surface area contributed by atoms with Crippen molar-refractivity contribution in [1.82, 2.24) is 15.5 Å². The lowest BCUT2D eigenvalue weighted by Gasteiger charge is -2.05. The van der Waals surface area contributed by atoms with Gasteiger partial charge in [0.15, 0.2) is 0 Å². The van der Waals surface area contributed by atoms with E-state index in [2.05, 4.69) is 80.0 Å².